The fourth-order valence-corrected chi connectivity index (χ4v) is 3.21. The Labute approximate surface area is 176 Å². The maximum absolute atomic E-state index is 12.3. The molecule has 0 aliphatic carbocycles. The van der Waals surface area contributed by atoms with Crippen LogP contribution in [0.25, 0.3) is 16.8 Å². The van der Waals surface area contributed by atoms with E-state index in [1.54, 1.807) is 23.0 Å². The summed E-state index contributed by atoms with van der Waals surface area (Å²) in [4.78, 5) is 16.8. The van der Waals surface area contributed by atoms with Crippen molar-refractivity contribution in [2.24, 2.45) is 0 Å². The molecule has 3 aromatic heterocycles. The molecule has 1 N–H and O–H groups in total. The van der Waals surface area contributed by atoms with Crippen LogP contribution in [0.4, 0.5) is 5.88 Å². The van der Waals surface area contributed by atoms with Gasteiger partial charge in [0.15, 0.2) is 5.65 Å². The predicted molar refractivity (Wildman–Crippen MR) is 114 cm³/mol. The number of nitrogens with zero attached hydrogens (tertiary/aromatic N) is 4. The summed E-state index contributed by atoms with van der Waals surface area (Å²) in [5.74, 6) is 0.206. The minimum Gasteiger partial charge on any atom is -0.338 e. The van der Waals surface area contributed by atoms with Gasteiger partial charge >= 0.3 is 0 Å². The molecule has 0 fully saturated rings. The van der Waals surface area contributed by atoms with Crippen LogP contribution in [0.1, 0.15) is 32.0 Å². The van der Waals surface area contributed by atoms with E-state index in [9.17, 15) is 4.79 Å². The van der Waals surface area contributed by atoms with E-state index in [1.807, 2.05) is 51.2 Å². The van der Waals surface area contributed by atoms with Crippen LogP contribution in [-0.2, 0) is 16.6 Å². The van der Waals surface area contributed by atoms with Crippen molar-refractivity contribution in [1.82, 2.24) is 19.8 Å². The first-order chi connectivity index (χ1) is 13.8. The minimum absolute atomic E-state index is 0.134. The van der Waals surface area contributed by atoms with Gasteiger partial charge in [-0.05, 0) is 27.1 Å². The van der Waals surface area contributed by atoms with Gasteiger partial charge in [-0.2, -0.15) is 5.10 Å². The molecule has 148 valence electrons. The van der Waals surface area contributed by atoms with Crippen LogP contribution in [-0.4, -0.2) is 25.7 Å². The molecular formula is C21H20BrN5O2. The van der Waals surface area contributed by atoms with Gasteiger partial charge in [-0.25, -0.2) is 9.50 Å². The number of hydrogen-bond donors (Lipinski definition) is 1. The Hall–Kier alpha value is -3.00. The number of hydrogen-bond acceptors (Lipinski definition) is 5. The molecule has 0 bridgehead atoms. The van der Waals surface area contributed by atoms with Crippen molar-refractivity contribution in [1.29, 1.82) is 0 Å². The normalized spacial score (nSPS) is 11.7. The molecule has 0 spiro atoms. The van der Waals surface area contributed by atoms with Crippen molar-refractivity contribution in [2.45, 2.75) is 32.6 Å². The number of rotatable bonds is 4. The lowest BCUT2D eigenvalue weighted by molar-refractivity contribution is -0.115. The zero-order chi connectivity index (χ0) is 20.6. The van der Waals surface area contributed by atoms with E-state index in [1.165, 1.54) is 0 Å². The summed E-state index contributed by atoms with van der Waals surface area (Å²) in [5.41, 5.74) is 4.26. The number of benzene rings is 1. The van der Waals surface area contributed by atoms with E-state index < -0.39 is 0 Å². The van der Waals surface area contributed by atoms with Crippen molar-refractivity contribution in [3.8, 4) is 11.1 Å². The number of anilines is 1. The fraction of sp³-hybridized carbons (Fsp3) is 0.238. The monoisotopic (exact) mass is 453 g/mol. The molecule has 1 aromatic carbocycles. The lowest BCUT2D eigenvalue weighted by atomic mass is 9.92. The van der Waals surface area contributed by atoms with Gasteiger partial charge in [-0.3, -0.25) is 10.1 Å². The van der Waals surface area contributed by atoms with Crippen molar-refractivity contribution in [3.63, 3.8) is 0 Å². The molecule has 29 heavy (non-hydrogen) atoms. The smallest absolute Gasteiger partial charge is 0.231 e. The van der Waals surface area contributed by atoms with E-state index in [2.05, 4.69) is 36.5 Å². The largest absolute Gasteiger partial charge is 0.338 e. The SMILES string of the molecule is CC(C)(C)c1cc(NC(=O)Cc2ccc(-c3cnn4cc(Br)cnc34)cc2)on1. The molecule has 0 radical (unpaired) electrons. The predicted octanol–water partition coefficient (Wildman–Crippen LogP) is 4.63. The number of nitrogens with one attached hydrogen (secondary N) is 1. The van der Waals surface area contributed by atoms with Crippen LogP contribution in [0.5, 0.6) is 0 Å². The Morgan fingerprint density at radius 3 is 2.66 bits per heavy atom. The van der Waals surface area contributed by atoms with Gasteiger partial charge in [0, 0.05) is 29.4 Å². The van der Waals surface area contributed by atoms with E-state index in [0.717, 1.165) is 32.5 Å². The summed E-state index contributed by atoms with van der Waals surface area (Å²) in [7, 11) is 0. The molecule has 1 amide bonds. The number of carbonyl (C=O) groups is 1. The fourth-order valence-electron chi connectivity index (χ4n) is 2.91. The second kappa shape index (κ2) is 7.44. The molecule has 8 heteroatoms. The Kier molecular flexibility index (Phi) is 4.96. The van der Waals surface area contributed by atoms with Gasteiger partial charge in [-0.1, -0.05) is 50.2 Å². The standard InChI is InChI=1S/C21H20BrN5O2/c1-21(2,3)17-9-19(29-26-17)25-18(28)8-13-4-6-14(7-5-13)16-11-24-27-12-15(22)10-23-20(16)27/h4-7,9-12H,8H2,1-3H3,(H,25,28). The Morgan fingerprint density at radius 1 is 1.21 bits per heavy atom. The van der Waals surface area contributed by atoms with Gasteiger partial charge in [0.1, 0.15) is 0 Å². The van der Waals surface area contributed by atoms with Gasteiger partial charge in [0.05, 0.1) is 22.8 Å². The first-order valence-corrected chi connectivity index (χ1v) is 9.94. The number of carbonyl (C=O) groups excluding carboxylic acids is 1. The minimum atomic E-state index is -0.156. The molecule has 0 unspecified atom stereocenters. The van der Waals surface area contributed by atoms with Crippen LogP contribution in [0, 0.1) is 0 Å². The van der Waals surface area contributed by atoms with E-state index in [-0.39, 0.29) is 17.7 Å². The van der Waals surface area contributed by atoms with Gasteiger partial charge in [-0.15, -0.1) is 0 Å². The summed E-state index contributed by atoms with van der Waals surface area (Å²) in [6, 6.07) is 9.55. The van der Waals surface area contributed by atoms with Crippen LogP contribution in [0.2, 0.25) is 0 Å². The van der Waals surface area contributed by atoms with Crippen molar-refractivity contribution in [2.75, 3.05) is 5.32 Å². The highest BCUT2D eigenvalue weighted by atomic mass is 79.9. The van der Waals surface area contributed by atoms with Gasteiger partial charge in [0.25, 0.3) is 0 Å². The van der Waals surface area contributed by atoms with Crippen LogP contribution in [0.3, 0.4) is 0 Å². The van der Waals surface area contributed by atoms with E-state index in [0.29, 0.717) is 5.88 Å². The highest BCUT2D eigenvalue weighted by Crippen LogP contribution is 2.25. The molecular weight excluding hydrogens is 434 g/mol. The average molecular weight is 454 g/mol. The highest BCUT2D eigenvalue weighted by Gasteiger charge is 2.19. The van der Waals surface area contributed by atoms with E-state index in [4.69, 9.17) is 4.52 Å². The highest BCUT2D eigenvalue weighted by molar-refractivity contribution is 9.10. The zero-order valence-corrected chi connectivity index (χ0v) is 17.9. The maximum atomic E-state index is 12.3. The zero-order valence-electron chi connectivity index (χ0n) is 16.3. The third-order valence-electron chi connectivity index (χ3n) is 4.50. The number of amides is 1. The third-order valence-corrected chi connectivity index (χ3v) is 4.91. The second-order valence-corrected chi connectivity index (χ2v) is 8.76. The summed E-state index contributed by atoms with van der Waals surface area (Å²) in [6.07, 6.45) is 5.63. The molecule has 0 atom stereocenters. The summed E-state index contributed by atoms with van der Waals surface area (Å²) < 4.78 is 7.80. The average Bonchev–Trinajstić information content (AvgIpc) is 3.29. The lowest BCUT2D eigenvalue weighted by Crippen LogP contribution is -2.14. The summed E-state index contributed by atoms with van der Waals surface area (Å²) in [6.45, 7) is 6.11. The molecule has 4 aromatic rings. The van der Waals surface area contributed by atoms with Crippen LogP contribution in [0.15, 0.2) is 57.9 Å². The Balaban J connectivity index is 1.45. The van der Waals surface area contributed by atoms with Gasteiger partial charge in [0.2, 0.25) is 11.8 Å². The van der Waals surface area contributed by atoms with Crippen LogP contribution >= 0.6 is 15.9 Å². The molecule has 0 saturated heterocycles. The van der Waals surface area contributed by atoms with E-state index >= 15 is 0 Å². The maximum Gasteiger partial charge on any atom is 0.231 e. The topological polar surface area (TPSA) is 85.3 Å². The number of fused-ring (bicyclic) bond motifs is 1. The Morgan fingerprint density at radius 2 is 1.97 bits per heavy atom. The number of aromatic nitrogens is 4. The lowest BCUT2D eigenvalue weighted by Gasteiger charge is -2.12. The molecule has 0 aliphatic heterocycles. The first-order valence-electron chi connectivity index (χ1n) is 9.15. The molecule has 0 saturated carbocycles. The molecule has 3 heterocycles. The molecule has 0 aliphatic rings. The second-order valence-electron chi connectivity index (χ2n) is 7.85. The van der Waals surface area contributed by atoms with Crippen molar-refractivity contribution >= 4 is 33.4 Å². The quantitative estimate of drug-likeness (QED) is 0.486. The first kappa shape index (κ1) is 19.3. The van der Waals surface area contributed by atoms with Crippen LogP contribution < -0.4 is 5.32 Å². The Bertz CT molecular complexity index is 1170. The van der Waals surface area contributed by atoms with Crippen molar-refractivity contribution < 1.29 is 9.32 Å². The summed E-state index contributed by atoms with van der Waals surface area (Å²) in [5, 5.41) is 11.1. The van der Waals surface area contributed by atoms with Crippen molar-refractivity contribution in [3.05, 3.63) is 64.7 Å². The summed E-state index contributed by atoms with van der Waals surface area (Å²) >= 11 is 3.39. The van der Waals surface area contributed by atoms with Gasteiger partial charge < -0.3 is 4.52 Å². The third kappa shape index (κ3) is 4.22. The molecule has 7 nitrogen and oxygen atoms in total. The number of halogens is 1. The molecule has 4 rings (SSSR count).